The highest BCUT2D eigenvalue weighted by atomic mass is 35.5. The third kappa shape index (κ3) is 2.53. The van der Waals surface area contributed by atoms with E-state index in [2.05, 4.69) is 0 Å². The van der Waals surface area contributed by atoms with Crippen LogP contribution >= 0.6 is 11.6 Å². The summed E-state index contributed by atoms with van der Waals surface area (Å²) in [7, 11) is -3.73. The Bertz CT molecular complexity index is 543. The maximum absolute atomic E-state index is 13.8. The van der Waals surface area contributed by atoms with Crippen LogP contribution in [0, 0.1) is 5.82 Å². The zero-order valence-corrected chi connectivity index (χ0v) is 11.6. The Morgan fingerprint density at radius 1 is 1.44 bits per heavy atom. The van der Waals surface area contributed by atoms with Crippen molar-refractivity contribution in [2.75, 3.05) is 6.54 Å². The molecule has 1 fully saturated rings. The van der Waals surface area contributed by atoms with Crippen molar-refractivity contribution < 1.29 is 12.8 Å². The van der Waals surface area contributed by atoms with E-state index in [0.29, 0.717) is 12.1 Å². The van der Waals surface area contributed by atoms with Gasteiger partial charge in [-0.15, -0.1) is 11.6 Å². The highest BCUT2D eigenvalue weighted by Crippen LogP contribution is 2.32. The van der Waals surface area contributed by atoms with Crippen molar-refractivity contribution in [3.8, 4) is 0 Å². The molecule has 0 spiro atoms. The lowest BCUT2D eigenvalue weighted by atomic mass is 10.2. The minimum atomic E-state index is -3.73. The third-order valence-electron chi connectivity index (χ3n) is 3.00. The Morgan fingerprint density at radius 2 is 2.11 bits per heavy atom. The van der Waals surface area contributed by atoms with Crippen LogP contribution in [0.5, 0.6) is 0 Å². The normalized spacial score (nSPS) is 16.2. The van der Waals surface area contributed by atoms with Crippen molar-refractivity contribution in [2.45, 2.75) is 36.6 Å². The summed E-state index contributed by atoms with van der Waals surface area (Å²) in [5.41, 5.74) is 0.572. The van der Waals surface area contributed by atoms with E-state index < -0.39 is 15.8 Å². The Labute approximate surface area is 112 Å². The van der Waals surface area contributed by atoms with Crippen molar-refractivity contribution in [1.82, 2.24) is 4.31 Å². The largest absolute Gasteiger partial charge is 0.246 e. The lowest BCUT2D eigenvalue weighted by molar-refractivity contribution is 0.417. The number of benzene rings is 1. The number of sulfonamides is 1. The molecule has 0 unspecified atom stereocenters. The van der Waals surface area contributed by atoms with Crippen LogP contribution in [0.15, 0.2) is 23.1 Å². The molecule has 0 radical (unpaired) electrons. The Balaban J connectivity index is 2.40. The summed E-state index contributed by atoms with van der Waals surface area (Å²) in [5, 5.41) is 0. The second-order valence-corrected chi connectivity index (χ2v) is 6.46. The third-order valence-corrected chi connectivity index (χ3v) is 5.37. The highest BCUT2D eigenvalue weighted by Gasteiger charge is 2.38. The maximum atomic E-state index is 13.8. The van der Waals surface area contributed by atoms with Crippen molar-refractivity contribution in [3.05, 3.63) is 29.6 Å². The van der Waals surface area contributed by atoms with E-state index in [-0.39, 0.29) is 16.8 Å². The molecule has 1 aromatic rings. The van der Waals surface area contributed by atoms with Gasteiger partial charge < -0.3 is 0 Å². The number of alkyl halides is 1. The molecule has 0 aliphatic heterocycles. The van der Waals surface area contributed by atoms with Gasteiger partial charge in [0.1, 0.15) is 10.7 Å². The van der Waals surface area contributed by atoms with Crippen molar-refractivity contribution in [1.29, 1.82) is 0 Å². The van der Waals surface area contributed by atoms with Gasteiger partial charge in [-0.1, -0.05) is 13.0 Å². The number of hydrogen-bond donors (Lipinski definition) is 0. The number of halogens is 2. The first-order valence-corrected chi connectivity index (χ1v) is 7.84. The van der Waals surface area contributed by atoms with Gasteiger partial charge in [0, 0.05) is 18.5 Å². The molecule has 18 heavy (non-hydrogen) atoms. The van der Waals surface area contributed by atoms with Crippen LogP contribution in [0.4, 0.5) is 4.39 Å². The molecular formula is C12H15ClFNO2S. The summed E-state index contributed by atoms with van der Waals surface area (Å²) in [5.74, 6) is -0.565. The minimum Gasteiger partial charge on any atom is -0.207 e. The standard InChI is InChI=1S/C12H15ClFNO2S/c1-2-15(10-4-5-10)18(16,17)12-6-3-9(8-13)7-11(12)14/h3,6-7,10H,2,4-5,8H2,1H3. The van der Waals surface area contributed by atoms with Crippen LogP contribution in [0.3, 0.4) is 0 Å². The SMILES string of the molecule is CCN(C1CC1)S(=O)(=O)c1ccc(CCl)cc1F. The average Bonchev–Trinajstić information content (AvgIpc) is 3.13. The van der Waals surface area contributed by atoms with Crippen LogP contribution in [-0.2, 0) is 15.9 Å². The lowest BCUT2D eigenvalue weighted by Gasteiger charge is -2.20. The van der Waals surface area contributed by atoms with Gasteiger partial charge in [0.15, 0.2) is 0 Å². The fourth-order valence-electron chi connectivity index (χ4n) is 1.95. The summed E-state index contributed by atoms with van der Waals surface area (Å²) in [6.45, 7) is 2.13. The van der Waals surface area contributed by atoms with Crippen molar-refractivity contribution >= 4 is 21.6 Å². The molecule has 1 aliphatic carbocycles. The summed E-state index contributed by atoms with van der Waals surface area (Å²) < 4.78 is 39.9. The van der Waals surface area contributed by atoms with Crippen molar-refractivity contribution in [2.24, 2.45) is 0 Å². The molecule has 1 saturated carbocycles. The zero-order chi connectivity index (χ0) is 13.3. The molecule has 100 valence electrons. The number of nitrogens with zero attached hydrogens (tertiary/aromatic N) is 1. The minimum absolute atomic E-state index is 0.0344. The summed E-state index contributed by atoms with van der Waals surface area (Å²) in [6, 6.07) is 4.06. The molecule has 0 heterocycles. The molecule has 6 heteroatoms. The van der Waals surface area contributed by atoms with E-state index >= 15 is 0 Å². The molecule has 0 amide bonds. The summed E-state index contributed by atoms with van der Waals surface area (Å²) in [4.78, 5) is -0.259. The number of rotatable bonds is 5. The van der Waals surface area contributed by atoms with Gasteiger partial charge in [0.2, 0.25) is 10.0 Å². The Hall–Kier alpha value is -0.650. The monoisotopic (exact) mass is 291 g/mol. The van der Waals surface area contributed by atoms with Crippen molar-refractivity contribution in [3.63, 3.8) is 0 Å². The lowest BCUT2D eigenvalue weighted by Crippen LogP contribution is -2.33. The average molecular weight is 292 g/mol. The first-order valence-electron chi connectivity index (χ1n) is 5.87. The fraction of sp³-hybridized carbons (Fsp3) is 0.500. The van der Waals surface area contributed by atoms with Crippen LogP contribution in [0.2, 0.25) is 0 Å². The van der Waals surface area contributed by atoms with E-state index in [4.69, 9.17) is 11.6 Å². The first kappa shape index (κ1) is 13.8. The quantitative estimate of drug-likeness (QED) is 0.782. The van der Waals surface area contributed by atoms with E-state index in [1.165, 1.54) is 16.4 Å². The molecule has 0 N–H and O–H groups in total. The van der Waals surface area contributed by atoms with Gasteiger partial charge in [0.05, 0.1) is 0 Å². The van der Waals surface area contributed by atoms with Crippen LogP contribution in [0.25, 0.3) is 0 Å². The summed E-state index contributed by atoms with van der Waals surface area (Å²) in [6.07, 6.45) is 1.71. The Kier molecular flexibility index (Phi) is 3.94. The molecule has 1 aliphatic rings. The van der Waals surface area contributed by atoms with Gasteiger partial charge in [-0.3, -0.25) is 0 Å². The molecule has 0 saturated heterocycles. The second-order valence-electron chi connectivity index (χ2n) is 4.34. The highest BCUT2D eigenvalue weighted by molar-refractivity contribution is 7.89. The predicted molar refractivity (Wildman–Crippen MR) is 68.5 cm³/mol. The predicted octanol–water partition coefficient (Wildman–Crippen LogP) is 2.74. The van der Waals surface area contributed by atoms with Gasteiger partial charge >= 0.3 is 0 Å². The Morgan fingerprint density at radius 3 is 2.56 bits per heavy atom. The molecule has 0 bridgehead atoms. The smallest absolute Gasteiger partial charge is 0.207 e. The number of hydrogen-bond acceptors (Lipinski definition) is 2. The summed E-state index contributed by atoms with van der Waals surface area (Å²) >= 11 is 5.59. The van der Waals surface area contributed by atoms with E-state index in [1.54, 1.807) is 13.0 Å². The maximum Gasteiger partial charge on any atom is 0.246 e. The topological polar surface area (TPSA) is 37.4 Å². The van der Waals surface area contributed by atoms with E-state index in [0.717, 1.165) is 12.8 Å². The van der Waals surface area contributed by atoms with Crippen LogP contribution in [0.1, 0.15) is 25.3 Å². The van der Waals surface area contributed by atoms with Gasteiger partial charge in [0.25, 0.3) is 0 Å². The first-order chi connectivity index (χ1) is 8.50. The van der Waals surface area contributed by atoms with Crippen LogP contribution in [-0.4, -0.2) is 25.3 Å². The molecular weight excluding hydrogens is 277 g/mol. The molecule has 0 atom stereocenters. The molecule has 2 rings (SSSR count). The fourth-order valence-corrected chi connectivity index (χ4v) is 3.86. The van der Waals surface area contributed by atoms with Gasteiger partial charge in [-0.2, -0.15) is 4.31 Å². The van der Waals surface area contributed by atoms with E-state index in [9.17, 15) is 12.8 Å². The van der Waals surface area contributed by atoms with Gasteiger partial charge in [-0.25, -0.2) is 12.8 Å². The van der Waals surface area contributed by atoms with Gasteiger partial charge in [-0.05, 0) is 30.5 Å². The van der Waals surface area contributed by atoms with Crippen LogP contribution < -0.4 is 0 Å². The van der Waals surface area contributed by atoms with E-state index in [1.807, 2.05) is 0 Å². The molecule has 0 aromatic heterocycles. The zero-order valence-electron chi connectivity index (χ0n) is 10.1. The molecule has 1 aromatic carbocycles. The second kappa shape index (κ2) is 5.15. The molecule has 3 nitrogen and oxygen atoms in total.